The summed E-state index contributed by atoms with van der Waals surface area (Å²) < 4.78 is 1.13. The van der Waals surface area contributed by atoms with Gasteiger partial charge in [0, 0.05) is 16.7 Å². The van der Waals surface area contributed by atoms with E-state index in [9.17, 15) is 5.11 Å². The van der Waals surface area contributed by atoms with Crippen molar-refractivity contribution in [2.45, 2.75) is 30.8 Å². The van der Waals surface area contributed by atoms with E-state index in [1.165, 1.54) is 10.4 Å². The van der Waals surface area contributed by atoms with Crippen LogP contribution in [0.15, 0.2) is 46.3 Å². The van der Waals surface area contributed by atoms with E-state index >= 15 is 0 Å². The molecule has 1 nitrogen and oxygen atoms in total. The zero-order valence-corrected chi connectivity index (χ0v) is 12.4. The van der Waals surface area contributed by atoms with Crippen LogP contribution in [0.1, 0.15) is 23.3 Å². The fraction of sp³-hybridized carbons (Fsp3) is 0.333. The SMILES string of the molecule is OC(Cc1ccc(Br)s1)C1(c2ccccc2)CC1. The van der Waals surface area contributed by atoms with Gasteiger partial charge in [-0.3, -0.25) is 0 Å². The Bertz CT molecular complexity index is 530. The molecule has 1 atom stereocenters. The van der Waals surface area contributed by atoms with Gasteiger partial charge in [-0.05, 0) is 46.5 Å². The van der Waals surface area contributed by atoms with E-state index < -0.39 is 0 Å². The molecule has 1 aromatic carbocycles. The number of hydrogen-bond acceptors (Lipinski definition) is 2. The lowest BCUT2D eigenvalue weighted by Gasteiger charge is -2.22. The van der Waals surface area contributed by atoms with Crippen LogP contribution in [0.4, 0.5) is 0 Å². The van der Waals surface area contributed by atoms with Gasteiger partial charge in [-0.1, -0.05) is 30.3 Å². The minimum atomic E-state index is -0.273. The second kappa shape index (κ2) is 4.80. The molecule has 1 N–H and O–H groups in total. The third-order valence-corrected chi connectivity index (χ3v) is 5.44. The zero-order chi connectivity index (χ0) is 12.6. The van der Waals surface area contributed by atoms with Crippen molar-refractivity contribution in [3.8, 4) is 0 Å². The molecule has 0 aliphatic heterocycles. The van der Waals surface area contributed by atoms with Crippen molar-refractivity contribution >= 4 is 27.3 Å². The fourth-order valence-electron chi connectivity index (χ4n) is 2.57. The Hall–Kier alpha value is -0.640. The summed E-state index contributed by atoms with van der Waals surface area (Å²) in [7, 11) is 0. The van der Waals surface area contributed by atoms with Crippen molar-refractivity contribution in [3.63, 3.8) is 0 Å². The van der Waals surface area contributed by atoms with Gasteiger partial charge in [-0.25, -0.2) is 0 Å². The van der Waals surface area contributed by atoms with Gasteiger partial charge in [-0.2, -0.15) is 0 Å². The number of rotatable bonds is 4. The summed E-state index contributed by atoms with van der Waals surface area (Å²) in [6.07, 6.45) is 2.69. The minimum absolute atomic E-state index is 0.0116. The predicted molar refractivity (Wildman–Crippen MR) is 79.1 cm³/mol. The van der Waals surface area contributed by atoms with Gasteiger partial charge in [0.2, 0.25) is 0 Å². The largest absolute Gasteiger partial charge is 0.392 e. The number of aliphatic hydroxyl groups is 1. The molecule has 18 heavy (non-hydrogen) atoms. The molecule has 94 valence electrons. The monoisotopic (exact) mass is 322 g/mol. The Morgan fingerprint density at radius 3 is 2.44 bits per heavy atom. The first-order valence-electron chi connectivity index (χ1n) is 6.18. The van der Waals surface area contributed by atoms with Crippen LogP contribution in [0.25, 0.3) is 0 Å². The molecule has 3 heteroatoms. The molecule has 1 aromatic heterocycles. The Morgan fingerprint density at radius 1 is 1.17 bits per heavy atom. The lowest BCUT2D eigenvalue weighted by molar-refractivity contribution is 0.132. The predicted octanol–water partition coefficient (Wildman–Crippen LogP) is 4.15. The van der Waals surface area contributed by atoms with Crippen molar-refractivity contribution < 1.29 is 5.11 Å². The lowest BCUT2D eigenvalue weighted by Crippen LogP contribution is -2.27. The molecule has 2 aromatic rings. The van der Waals surface area contributed by atoms with Crippen LogP contribution in [0.2, 0.25) is 0 Å². The van der Waals surface area contributed by atoms with Crippen molar-refractivity contribution in [1.29, 1.82) is 0 Å². The molecule has 3 rings (SSSR count). The van der Waals surface area contributed by atoms with Crippen LogP contribution in [-0.4, -0.2) is 11.2 Å². The molecule has 0 spiro atoms. The van der Waals surface area contributed by atoms with Crippen LogP contribution in [0.5, 0.6) is 0 Å². The summed E-state index contributed by atoms with van der Waals surface area (Å²) >= 11 is 5.18. The highest BCUT2D eigenvalue weighted by atomic mass is 79.9. The first-order valence-corrected chi connectivity index (χ1v) is 7.79. The maximum absolute atomic E-state index is 10.5. The van der Waals surface area contributed by atoms with E-state index in [-0.39, 0.29) is 11.5 Å². The van der Waals surface area contributed by atoms with Gasteiger partial charge in [0.25, 0.3) is 0 Å². The normalized spacial score (nSPS) is 18.6. The molecule has 0 amide bonds. The van der Waals surface area contributed by atoms with Crippen LogP contribution < -0.4 is 0 Å². The third-order valence-electron chi connectivity index (χ3n) is 3.80. The highest BCUT2D eigenvalue weighted by molar-refractivity contribution is 9.11. The van der Waals surface area contributed by atoms with Crippen molar-refractivity contribution in [1.82, 2.24) is 0 Å². The van der Waals surface area contributed by atoms with Crippen LogP contribution in [-0.2, 0) is 11.8 Å². The summed E-state index contributed by atoms with van der Waals surface area (Å²) in [4.78, 5) is 1.25. The highest BCUT2D eigenvalue weighted by Crippen LogP contribution is 2.51. The maximum Gasteiger partial charge on any atom is 0.0701 e. The Kier molecular flexibility index (Phi) is 3.31. The van der Waals surface area contributed by atoms with Crippen LogP contribution in [0.3, 0.4) is 0 Å². The minimum Gasteiger partial charge on any atom is -0.392 e. The molecule has 1 unspecified atom stereocenters. The van der Waals surface area contributed by atoms with E-state index in [0.717, 1.165) is 23.0 Å². The standard InChI is InChI=1S/C15H15BrOS/c16-14-7-6-12(18-14)10-13(17)15(8-9-15)11-4-2-1-3-5-11/h1-7,13,17H,8-10H2. The summed E-state index contributed by atoms with van der Waals surface area (Å²) in [6, 6.07) is 14.6. The zero-order valence-electron chi connectivity index (χ0n) is 9.97. The topological polar surface area (TPSA) is 20.2 Å². The first-order chi connectivity index (χ1) is 8.71. The summed E-state index contributed by atoms with van der Waals surface area (Å²) in [5.41, 5.74) is 1.30. The number of halogens is 1. The van der Waals surface area contributed by atoms with E-state index in [4.69, 9.17) is 0 Å². The van der Waals surface area contributed by atoms with Gasteiger partial charge in [0.1, 0.15) is 0 Å². The third kappa shape index (κ3) is 2.27. The Labute approximate surface area is 120 Å². The molecule has 1 heterocycles. The maximum atomic E-state index is 10.5. The lowest BCUT2D eigenvalue weighted by atomic mass is 9.88. The van der Waals surface area contributed by atoms with E-state index in [1.807, 2.05) is 6.07 Å². The summed E-state index contributed by atoms with van der Waals surface area (Å²) in [5, 5.41) is 10.5. The van der Waals surface area contributed by atoms with E-state index in [1.54, 1.807) is 11.3 Å². The smallest absolute Gasteiger partial charge is 0.0701 e. The van der Waals surface area contributed by atoms with Crippen molar-refractivity contribution in [3.05, 3.63) is 56.7 Å². The number of benzene rings is 1. The van der Waals surface area contributed by atoms with Crippen LogP contribution >= 0.6 is 27.3 Å². The van der Waals surface area contributed by atoms with Gasteiger partial charge < -0.3 is 5.11 Å². The molecule has 0 bridgehead atoms. The molecule has 0 radical (unpaired) electrons. The average Bonchev–Trinajstić information content (AvgIpc) is 3.10. The fourth-order valence-corrected chi connectivity index (χ4v) is 4.09. The molecule has 0 saturated heterocycles. The molecule has 1 saturated carbocycles. The quantitative estimate of drug-likeness (QED) is 0.896. The molecule has 1 fully saturated rings. The van der Waals surface area contributed by atoms with Gasteiger partial charge >= 0.3 is 0 Å². The van der Waals surface area contributed by atoms with Crippen molar-refractivity contribution in [2.24, 2.45) is 0 Å². The second-order valence-electron chi connectivity index (χ2n) is 4.95. The number of thiophene rings is 1. The van der Waals surface area contributed by atoms with Gasteiger partial charge in [0.05, 0.1) is 9.89 Å². The first kappa shape index (κ1) is 12.4. The molecule has 1 aliphatic carbocycles. The van der Waals surface area contributed by atoms with Crippen molar-refractivity contribution in [2.75, 3.05) is 0 Å². The van der Waals surface area contributed by atoms with Gasteiger partial charge in [0.15, 0.2) is 0 Å². The van der Waals surface area contributed by atoms with E-state index in [0.29, 0.717) is 0 Å². The van der Waals surface area contributed by atoms with Gasteiger partial charge in [-0.15, -0.1) is 11.3 Å². The van der Waals surface area contributed by atoms with E-state index in [2.05, 4.69) is 52.3 Å². The number of aliphatic hydroxyl groups excluding tert-OH is 1. The molecular weight excluding hydrogens is 308 g/mol. The second-order valence-corrected chi connectivity index (χ2v) is 7.50. The Balaban J connectivity index is 1.78. The molecular formula is C15H15BrOS. The average molecular weight is 323 g/mol. The summed E-state index contributed by atoms with van der Waals surface area (Å²) in [6.45, 7) is 0. The summed E-state index contributed by atoms with van der Waals surface area (Å²) in [5.74, 6) is 0. The Morgan fingerprint density at radius 2 is 1.89 bits per heavy atom. The van der Waals surface area contributed by atoms with Crippen LogP contribution in [0, 0.1) is 0 Å². The highest BCUT2D eigenvalue weighted by Gasteiger charge is 2.49. The molecule has 1 aliphatic rings. The number of hydrogen-bond donors (Lipinski definition) is 1.